The molecule has 0 spiro atoms. The van der Waals surface area contributed by atoms with Crippen molar-refractivity contribution in [2.45, 2.75) is 17.9 Å². The zero-order valence-corrected chi connectivity index (χ0v) is 13.8. The number of aromatic nitrogens is 1. The highest BCUT2D eigenvalue weighted by atomic mass is 32.2. The van der Waals surface area contributed by atoms with Crippen LogP contribution in [-0.4, -0.2) is 35.2 Å². The summed E-state index contributed by atoms with van der Waals surface area (Å²) in [5.74, 6) is 0.686. The fourth-order valence-electron chi connectivity index (χ4n) is 2.83. The maximum atomic E-state index is 13.0. The Labute approximate surface area is 143 Å². The number of fused-ring (bicyclic) bond motifs is 2. The normalized spacial score (nSPS) is 19.0. The first kappa shape index (κ1) is 15.0. The summed E-state index contributed by atoms with van der Waals surface area (Å²) in [4.78, 5) is 31.4. The van der Waals surface area contributed by atoms with Gasteiger partial charge in [-0.2, -0.15) is 0 Å². The van der Waals surface area contributed by atoms with E-state index in [9.17, 15) is 9.59 Å². The number of thioether (sulfide) groups is 1. The highest BCUT2D eigenvalue weighted by Gasteiger charge is 2.29. The molecule has 2 aliphatic rings. The molecule has 0 radical (unpaired) electrons. The van der Waals surface area contributed by atoms with Crippen molar-refractivity contribution in [1.82, 2.24) is 4.98 Å². The number of nitrogens with one attached hydrogen (secondary N) is 1. The Hall–Kier alpha value is -2.54. The van der Waals surface area contributed by atoms with Gasteiger partial charge in [-0.3, -0.25) is 14.5 Å². The number of rotatable bonds is 1. The molecule has 2 aromatic rings. The van der Waals surface area contributed by atoms with Gasteiger partial charge >= 0.3 is 0 Å². The van der Waals surface area contributed by atoms with E-state index in [0.29, 0.717) is 35.1 Å². The van der Waals surface area contributed by atoms with Gasteiger partial charge in [0.15, 0.2) is 0 Å². The van der Waals surface area contributed by atoms with Crippen molar-refractivity contribution >= 4 is 35.0 Å². The van der Waals surface area contributed by atoms with E-state index in [0.717, 1.165) is 4.90 Å². The number of nitrogens with zero attached hydrogens (tertiary/aromatic N) is 2. The summed E-state index contributed by atoms with van der Waals surface area (Å²) in [7, 11) is 0. The Bertz CT molecular complexity index is 840. The number of pyridine rings is 1. The molecule has 1 unspecified atom stereocenters. The van der Waals surface area contributed by atoms with E-state index in [1.807, 2.05) is 19.1 Å². The van der Waals surface area contributed by atoms with Gasteiger partial charge in [0.2, 0.25) is 11.8 Å². The van der Waals surface area contributed by atoms with Gasteiger partial charge in [0.25, 0.3) is 5.91 Å². The molecule has 1 aromatic heterocycles. The molecular weight excluding hydrogens is 326 g/mol. The standard InChI is InChI=1S/C17H15N3O3S/c1-10-8-20(13-3-2-6-18-16(13)23-10)17(22)11-4-5-14-12(7-11)19-15(21)9-24-14/h2-7,10H,8-9H2,1H3,(H,19,21). The van der Waals surface area contributed by atoms with E-state index in [1.54, 1.807) is 29.3 Å². The lowest BCUT2D eigenvalue weighted by atomic mass is 10.1. The summed E-state index contributed by atoms with van der Waals surface area (Å²) >= 11 is 1.47. The van der Waals surface area contributed by atoms with Crippen LogP contribution in [0.4, 0.5) is 11.4 Å². The third kappa shape index (κ3) is 2.60. The molecule has 3 heterocycles. The third-order valence-corrected chi connectivity index (χ3v) is 4.97. The number of anilines is 2. The van der Waals surface area contributed by atoms with Crippen LogP contribution in [0.15, 0.2) is 41.4 Å². The van der Waals surface area contributed by atoms with Gasteiger partial charge in [-0.05, 0) is 37.3 Å². The zero-order valence-electron chi connectivity index (χ0n) is 13.0. The Kier molecular flexibility index (Phi) is 3.65. The van der Waals surface area contributed by atoms with Crippen LogP contribution in [0, 0.1) is 0 Å². The van der Waals surface area contributed by atoms with Crippen LogP contribution in [0.5, 0.6) is 5.88 Å². The summed E-state index contributed by atoms with van der Waals surface area (Å²) in [6.07, 6.45) is 1.51. The van der Waals surface area contributed by atoms with E-state index in [-0.39, 0.29) is 17.9 Å². The second kappa shape index (κ2) is 5.83. The van der Waals surface area contributed by atoms with Crippen molar-refractivity contribution in [2.75, 3.05) is 22.5 Å². The molecule has 0 fully saturated rings. The molecule has 2 amide bonds. The lowest BCUT2D eigenvalue weighted by Gasteiger charge is -2.32. The Morgan fingerprint density at radius 1 is 1.42 bits per heavy atom. The average Bonchev–Trinajstić information content (AvgIpc) is 2.59. The molecule has 1 atom stereocenters. The van der Waals surface area contributed by atoms with E-state index in [1.165, 1.54) is 11.8 Å². The predicted octanol–water partition coefficient (Wildman–Crippen LogP) is 2.55. The minimum absolute atomic E-state index is 0.0494. The molecular formula is C17H15N3O3S. The lowest BCUT2D eigenvalue weighted by molar-refractivity contribution is -0.113. The van der Waals surface area contributed by atoms with Crippen LogP contribution >= 0.6 is 11.8 Å². The van der Waals surface area contributed by atoms with Crippen LogP contribution in [0.1, 0.15) is 17.3 Å². The smallest absolute Gasteiger partial charge is 0.258 e. The summed E-state index contributed by atoms with van der Waals surface area (Å²) in [5.41, 5.74) is 1.88. The first-order valence-corrected chi connectivity index (χ1v) is 8.60. The number of amides is 2. The van der Waals surface area contributed by atoms with Gasteiger partial charge < -0.3 is 10.1 Å². The molecule has 0 saturated heterocycles. The van der Waals surface area contributed by atoms with E-state index < -0.39 is 0 Å². The molecule has 2 aliphatic heterocycles. The Balaban J connectivity index is 1.69. The van der Waals surface area contributed by atoms with Crippen molar-refractivity contribution in [3.63, 3.8) is 0 Å². The van der Waals surface area contributed by atoms with Crippen molar-refractivity contribution < 1.29 is 14.3 Å². The van der Waals surface area contributed by atoms with Gasteiger partial charge in [-0.25, -0.2) is 4.98 Å². The fourth-order valence-corrected chi connectivity index (χ4v) is 3.61. The predicted molar refractivity (Wildman–Crippen MR) is 91.8 cm³/mol. The zero-order chi connectivity index (χ0) is 16.7. The second-order valence-corrected chi connectivity index (χ2v) is 6.74. The molecule has 4 rings (SSSR count). The molecule has 122 valence electrons. The van der Waals surface area contributed by atoms with Crippen molar-refractivity contribution in [1.29, 1.82) is 0 Å². The summed E-state index contributed by atoms with van der Waals surface area (Å²) in [5, 5.41) is 2.82. The number of benzene rings is 1. The fraction of sp³-hybridized carbons (Fsp3) is 0.235. The molecule has 7 heteroatoms. The maximum Gasteiger partial charge on any atom is 0.258 e. The first-order chi connectivity index (χ1) is 11.6. The first-order valence-electron chi connectivity index (χ1n) is 7.62. The molecule has 1 aromatic carbocycles. The Morgan fingerprint density at radius 3 is 3.17 bits per heavy atom. The molecule has 6 nitrogen and oxygen atoms in total. The maximum absolute atomic E-state index is 13.0. The summed E-state index contributed by atoms with van der Waals surface area (Å²) in [6.45, 7) is 2.36. The van der Waals surface area contributed by atoms with Crippen LogP contribution in [0.3, 0.4) is 0 Å². The SMILES string of the molecule is CC1CN(C(=O)c2ccc3c(c2)NC(=O)CS3)c2cccnc2O1. The van der Waals surface area contributed by atoms with Gasteiger partial charge in [0, 0.05) is 16.7 Å². The molecule has 24 heavy (non-hydrogen) atoms. The third-order valence-electron chi connectivity index (χ3n) is 3.90. The van der Waals surface area contributed by atoms with Crippen LogP contribution in [-0.2, 0) is 4.79 Å². The quantitative estimate of drug-likeness (QED) is 0.863. The number of carbonyl (C=O) groups is 2. The van der Waals surface area contributed by atoms with E-state index in [4.69, 9.17) is 4.74 Å². The van der Waals surface area contributed by atoms with Crippen LogP contribution in [0.25, 0.3) is 0 Å². The Morgan fingerprint density at radius 2 is 2.29 bits per heavy atom. The van der Waals surface area contributed by atoms with E-state index in [2.05, 4.69) is 10.3 Å². The van der Waals surface area contributed by atoms with Gasteiger partial charge in [0.1, 0.15) is 11.8 Å². The van der Waals surface area contributed by atoms with Crippen molar-refractivity contribution in [3.05, 3.63) is 42.1 Å². The average molecular weight is 341 g/mol. The molecule has 1 N–H and O–H groups in total. The number of hydrogen-bond donors (Lipinski definition) is 1. The van der Waals surface area contributed by atoms with Gasteiger partial charge in [-0.1, -0.05) is 0 Å². The largest absolute Gasteiger partial charge is 0.471 e. The topological polar surface area (TPSA) is 71.5 Å². The summed E-state index contributed by atoms with van der Waals surface area (Å²) < 4.78 is 5.69. The van der Waals surface area contributed by atoms with Gasteiger partial charge in [0.05, 0.1) is 18.0 Å². The monoisotopic (exact) mass is 341 g/mol. The minimum Gasteiger partial charge on any atom is -0.471 e. The molecule has 0 aliphatic carbocycles. The van der Waals surface area contributed by atoms with Crippen LogP contribution < -0.4 is 15.0 Å². The van der Waals surface area contributed by atoms with Gasteiger partial charge in [-0.15, -0.1) is 11.8 Å². The number of hydrogen-bond acceptors (Lipinski definition) is 5. The van der Waals surface area contributed by atoms with Crippen molar-refractivity contribution in [2.24, 2.45) is 0 Å². The highest BCUT2D eigenvalue weighted by molar-refractivity contribution is 8.00. The number of carbonyl (C=O) groups excluding carboxylic acids is 2. The van der Waals surface area contributed by atoms with E-state index >= 15 is 0 Å². The minimum atomic E-state index is -0.135. The summed E-state index contributed by atoms with van der Waals surface area (Å²) in [6, 6.07) is 9.00. The highest BCUT2D eigenvalue weighted by Crippen LogP contribution is 2.35. The van der Waals surface area contributed by atoms with Crippen LogP contribution in [0.2, 0.25) is 0 Å². The van der Waals surface area contributed by atoms with Crippen molar-refractivity contribution in [3.8, 4) is 5.88 Å². The number of ether oxygens (including phenoxy) is 1. The molecule has 0 saturated carbocycles. The second-order valence-electron chi connectivity index (χ2n) is 5.72. The molecule has 0 bridgehead atoms. The lowest BCUT2D eigenvalue weighted by Crippen LogP contribution is -2.42.